The van der Waals surface area contributed by atoms with E-state index in [9.17, 15) is 4.79 Å². The fourth-order valence-electron chi connectivity index (χ4n) is 3.24. The summed E-state index contributed by atoms with van der Waals surface area (Å²) in [7, 11) is 1.96. The van der Waals surface area contributed by atoms with E-state index in [4.69, 9.17) is 5.73 Å². The highest BCUT2D eigenvalue weighted by Crippen LogP contribution is 2.45. The highest BCUT2D eigenvalue weighted by atomic mass is 32.2. The first-order valence-corrected chi connectivity index (χ1v) is 9.14. The van der Waals surface area contributed by atoms with Crippen LogP contribution in [0.3, 0.4) is 0 Å². The topological polar surface area (TPSA) is 46.3 Å². The molecule has 1 fully saturated rings. The Morgan fingerprint density at radius 3 is 2.60 bits per heavy atom. The van der Waals surface area contributed by atoms with Gasteiger partial charge in [-0.2, -0.15) is 11.8 Å². The fourth-order valence-corrected chi connectivity index (χ4v) is 3.81. The molecule has 0 bridgehead atoms. The van der Waals surface area contributed by atoms with Gasteiger partial charge in [0.05, 0.1) is 0 Å². The third-order valence-corrected chi connectivity index (χ3v) is 6.19. The van der Waals surface area contributed by atoms with Gasteiger partial charge in [-0.05, 0) is 49.5 Å². The third kappa shape index (κ3) is 3.70. The van der Waals surface area contributed by atoms with Gasteiger partial charge in [0.2, 0.25) is 5.91 Å². The summed E-state index contributed by atoms with van der Waals surface area (Å²) in [5.74, 6) is 1.91. The minimum absolute atomic E-state index is 0.0117. The number of rotatable bonds is 5. The van der Waals surface area contributed by atoms with Gasteiger partial charge in [-0.15, -0.1) is 0 Å². The molecule has 0 aromatic rings. The van der Waals surface area contributed by atoms with Crippen molar-refractivity contribution in [2.45, 2.75) is 59.0 Å². The minimum Gasteiger partial charge on any atom is -0.343 e. The largest absolute Gasteiger partial charge is 0.343 e. The van der Waals surface area contributed by atoms with E-state index in [-0.39, 0.29) is 17.4 Å². The van der Waals surface area contributed by atoms with Crippen LogP contribution in [0.5, 0.6) is 0 Å². The van der Waals surface area contributed by atoms with Crippen molar-refractivity contribution in [3.05, 3.63) is 0 Å². The van der Waals surface area contributed by atoms with Crippen LogP contribution >= 0.6 is 11.8 Å². The number of amides is 1. The predicted octanol–water partition coefficient (Wildman–Crippen LogP) is 2.99. The quantitative estimate of drug-likeness (QED) is 0.849. The highest BCUT2D eigenvalue weighted by Gasteiger charge is 2.46. The Bertz CT molecular complexity index is 332. The number of carbonyl (C=O) groups is 1. The normalized spacial score (nSPS) is 30.9. The van der Waals surface area contributed by atoms with E-state index in [1.54, 1.807) is 0 Å². The van der Waals surface area contributed by atoms with Crippen LogP contribution in [-0.4, -0.2) is 41.9 Å². The molecule has 2 N–H and O–H groups in total. The first kappa shape index (κ1) is 17.8. The number of thioether (sulfide) groups is 1. The molecule has 4 unspecified atom stereocenters. The van der Waals surface area contributed by atoms with E-state index < -0.39 is 0 Å². The first-order chi connectivity index (χ1) is 9.23. The lowest BCUT2D eigenvalue weighted by molar-refractivity contribution is -0.144. The minimum atomic E-state index is -0.0117. The van der Waals surface area contributed by atoms with Gasteiger partial charge in [-0.1, -0.05) is 20.8 Å². The van der Waals surface area contributed by atoms with Crippen molar-refractivity contribution >= 4 is 17.7 Å². The number of nitrogens with two attached hydrogens (primary N) is 1. The van der Waals surface area contributed by atoms with Crippen molar-refractivity contribution in [3.63, 3.8) is 0 Å². The zero-order valence-corrected chi connectivity index (χ0v) is 14.8. The maximum atomic E-state index is 12.8. The highest BCUT2D eigenvalue weighted by molar-refractivity contribution is 7.98. The molecular weight excluding hydrogens is 268 g/mol. The summed E-state index contributed by atoms with van der Waals surface area (Å²) in [5, 5.41) is 0. The molecular formula is C16H32N2OS. The molecule has 4 atom stereocenters. The summed E-state index contributed by atoms with van der Waals surface area (Å²) in [6.07, 6.45) is 5.07. The summed E-state index contributed by atoms with van der Waals surface area (Å²) in [6.45, 7) is 8.76. The van der Waals surface area contributed by atoms with Crippen molar-refractivity contribution in [1.29, 1.82) is 0 Å². The first-order valence-electron chi connectivity index (χ1n) is 7.74. The van der Waals surface area contributed by atoms with E-state index >= 15 is 0 Å². The van der Waals surface area contributed by atoms with E-state index in [1.165, 1.54) is 0 Å². The SMILES string of the molecule is CSCCC(C)N(C)C(=O)C1CCC(N)C(C)C1(C)C. The van der Waals surface area contributed by atoms with E-state index in [0.29, 0.717) is 17.9 Å². The monoisotopic (exact) mass is 300 g/mol. The van der Waals surface area contributed by atoms with Gasteiger partial charge in [0.25, 0.3) is 0 Å². The second-order valence-electron chi connectivity index (χ2n) is 6.98. The molecule has 1 saturated carbocycles. The Morgan fingerprint density at radius 2 is 2.05 bits per heavy atom. The van der Waals surface area contributed by atoms with Gasteiger partial charge in [-0.25, -0.2) is 0 Å². The van der Waals surface area contributed by atoms with E-state index in [1.807, 2.05) is 23.7 Å². The lowest BCUT2D eigenvalue weighted by Crippen LogP contribution is -2.53. The van der Waals surface area contributed by atoms with Gasteiger partial charge in [0, 0.05) is 25.0 Å². The molecule has 0 spiro atoms. The van der Waals surface area contributed by atoms with Crippen LogP contribution in [0, 0.1) is 17.3 Å². The zero-order chi connectivity index (χ0) is 15.5. The summed E-state index contributed by atoms with van der Waals surface area (Å²) < 4.78 is 0. The molecule has 4 heteroatoms. The van der Waals surface area contributed by atoms with Crippen molar-refractivity contribution in [2.24, 2.45) is 23.0 Å². The number of hydrogen-bond acceptors (Lipinski definition) is 3. The van der Waals surface area contributed by atoms with Gasteiger partial charge in [0.15, 0.2) is 0 Å². The Balaban J connectivity index is 2.75. The smallest absolute Gasteiger partial charge is 0.226 e. The van der Waals surface area contributed by atoms with Crippen LogP contribution in [0.25, 0.3) is 0 Å². The molecule has 0 radical (unpaired) electrons. The van der Waals surface area contributed by atoms with Crippen molar-refractivity contribution in [1.82, 2.24) is 4.90 Å². The Labute approximate surface area is 129 Å². The summed E-state index contributed by atoms with van der Waals surface area (Å²) >= 11 is 1.84. The van der Waals surface area contributed by atoms with Crippen molar-refractivity contribution < 1.29 is 4.79 Å². The fraction of sp³-hybridized carbons (Fsp3) is 0.938. The molecule has 0 heterocycles. The molecule has 1 aliphatic rings. The molecule has 1 amide bonds. The molecule has 3 nitrogen and oxygen atoms in total. The van der Waals surface area contributed by atoms with Crippen LogP contribution in [0.4, 0.5) is 0 Å². The summed E-state index contributed by atoms with van der Waals surface area (Å²) in [6, 6.07) is 0.546. The van der Waals surface area contributed by atoms with Crippen LogP contribution < -0.4 is 5.73 Å². The van der Waals surface area contributed by atoms with Crippen LogP contribution in [0.15, 0.2) is 0 Å². The molecule has 1 aliphatic carbocycles. The van der Waals surface area contributed by atoms with Crippen LogP contribution in [0.1, 0.15) is 47.0 Å². The number of hydrogen-bond donors (Lipinski definition) is 1. The molecule has 0 aromatic carbocycles. The molecule has 118 valence electrons. The van der Waals surface area contributed by atoms with Gasteiger partial charge in [-0.3, -0.25) is 4.79 Å². The van der Waals surface area contributed by atoms with E-state index in [2.05, 4.69) is 34.0 Å². The van der Waals surface area contributed by atoms with Crippen LogP contribution in [-0.2, 0) is 4.79 Å². The number of nitrogens with zero attached hydrogens (tertiary/aromatic N) is 1. The van der Waals surface area contributed by atoms with E-state index in [0.717, 1.165) is 25.0 Å². The van der Waals surface area contributed by atoms with Crippen molar-refractivity contribution in [2.75, 3.05) is 19.1 Å². The van der Waals surface area contributed by atoms with Gasteiger partial charge in [0.1, 0.15) is 0 Å². The van der Waals surface area contributed by atoms with Gasteiger partial charge < -0.3 is 10.6 Å². The summed E-state index contributed by atoms with van der Waals surface area (Å²) in [5.41, 5.74) is 6.18. The standard InChI is InChI=1S/C16H32N2OS/c1-11(9-10-20-6)18(5)15(19)13-7-8-14(17)12(2)16(13,3)4/h11-14H,7-10,17H2,1-6H3. The Morgan fingerprint density at radius 1 is 1.45 bits per heavy atom. The zero-order valence-electron chi connectivity index (χ0n) is 14.0. The molecule has 0 aliphatic heterocycles. The van der Waals surface area contributed by atoms with Crippen molar-refractivity contribution in [3.8, 4) is 0 Å². The Kier molecular flexibility index (Phi) is 6.39. The summed E-state index contributed by atoms with van der Waals surface area (Å²) in [4.78, 5) is 14.8. The average Bonchev–Trinajstić information content (AvgIpc) is 2.40. The lowest BCUT2D eigenvalue weighted by atomic mass is 9.60. The second kappa shape index (κ2) is 7.17. The van der Waals surface area contributed by atoms with Crippen LogP contribution in [0.2, 0.25) is 0 Å². The molecule has 1 rings (SSSR count). The average molecular weight is 301 g/mol. The third-order valence-electron chi connectivity index (χ3n) is 5.55. The molecule has 0 saturated heterocycles. The maximum Gasteiger partial charge on any atom is 0.226 e. The predicted molar refractivity (Wildman–Crippen MR) is 88.9 cm³/mol. The molecule has 0 aromatic heterocycles. The number of carbonyl (C=O) groups excluding carboxylic acids is 1. The lowest BCUT2D eigenvalue weighted by Gasteiger charge is -2.47. The van der Waals surface area contributed by atoms with Gasteiger partial charge >= 0.3 is 0 Å². The molecule has 20 heavy (non-hydrogen) atoms. The second-order valence-corrected chi connectivity index (χ2v) is 7.97. The maximum absolute atomic E-state index is 12.8. The Hall–Kier alpha value is -0.220.